The summed E-state index contributed by atoms with van der Waals surface area (Å²) in [6, 6.07) is 10.8. The zero-order valence-electron chi connectivity index (χ0n) is 11.7. The molecule has 0 spiro atoms. The molecule has 1 aromatic heterocycles. The van der Waals surface area contributed by atoms with Gasteiger partial charge in [0.1, 0.15) is 0 Å². The van der Waals surface area contributed by atoms with Gasteiger partial charge in [0.05, 0.1) is 6.61 Å². The van der Waals surface area contributed by atoms with Crippen LogP contribution in [-0.2, 0) is 17.8 Å². The number of ether oxygens (including phenoxy) is 1. The lowest BCUT2D eigenvalue weighted by atomic mass is 10.1. The monoisotopic (exact) mass is 258 g/mol. The van der Waals surface area contributed by atoms with Crippen LogP contribution in [0.3, 0.4) is 0 Å². The summed E-state index contributed by atoms with van der Waals surface area (Å²) in [4.78, 5) is 0. The van der Waals surface area contributed by atoms with E-state index in [1.165, 1.54) is 16.7 Å². The number of hydrogen-bond acceptors (Lipinski definition) is 2. The summed E-state index contributed by atoms with van der Waals surface area (Å²) in [7, 11) is 1.72. The second-order valence-electron chi connectivity index (χ2n) is 4.85. The predicted molar refractivity (Wildman–Crippen MR) is 78.3 cm³/mol. The Kier molecular flexibility index (Phi) is 5.19. The molecule has 0 amide bonds. The van der Waals surface area contributed by atoms with Gasteiger partial charge in [0.25, 0.3) is 0 Å². The van der Waals surface area contributed by atoms with Crippen LogP contribution in [0.1, 0.15) is 16.7 Å². The average molecular weight is 258 g/mol. The van der Waals surface area contributed by atoms with E-state index in [1.807, 2.05) is 0 Å². The van der Waals surface area contributed by atoms with Crippen LogP contribution in [0.4, 0.5) is 0 Å². The number of rotatable bonds is 7. The molecular weight excluding hydrogens is 236 g/mol. The number of hydrogen-bond donors (Lipinski definition) is 1. The maximum atomic E-state index is 5.01. The average Bonchev–Trinajstić information content (AvgIpc) is 2.82. The molecule has 0 saturated heterocycles. The van der Waals surface area contributed by atoms with Crippen LogP contribution in [0.2, 0.25) is 0 Å². The normalized spacial score (nSPS) is 10.8. The predicted octanol–water partition coefficient (Wildman–Crippen LogP) is 2.58. The molecular formula is C16H22N2O. The Morgan fingerprint density at radius 2 is 2.11 bits per heavy atom. The molecule has 0 aliphatic rings. The zero-order chi connectivity index (χ0) is 13.5. The lowest BCUT2D eigenvalue weighted by molar-refractivity contribution is 0.199. The van der Waals surface area contributed by atoms with E-state index in [1.54, 1.807) is 7.11 Å². The molecule has 0 unspecified atom stereocenters. The van der Waals surface area contributed by atoms with E-state index >= 15 is 0 Å². The third-order valence-electron chi connectivity index (χ3n) is 3.07. The Balaban J connectivity index is 1.87. The minimum absolute atomic E-state index is 0.754. The number of methoxy groups -OCH3 is 1. The Hall–Kier alpha value is -1.58. The fourth-order valence-electron chi connectivity index (χ4n) is 2.12. The molecule has 0 atom stereocenters. The van der Waals surface area contributed by atoms with Crippen LogP contribution in [-0.4, -0.2) is 24.8 Å². The molecule has 0 radical (unpaired) electrons. The zero-order valence-corrected chi connectivity index (χ0v) is 11.7. The highest BCUT2D eigenvalue weighted by Gasteiger charge is 1.98. The molecule has 3 nitrogen and oxygen atoms in total. The van der Waals surface area contributed by atoms with Crippen molar-refractivity contribution >= 4 is 0 Å². The summed E-state index contributed by atoms with van der Waals surface area (Å²) >= 11 is 0. The smallest absolute Gasteiger partial charge is 0.0587 e. The van der Waals surface area contributed by atoms with Crippen molar-refractivity contribution in [2.24, 2.45) is 0 Å². The molecule has 0 saturated carbocycles. The minimum Gasteiger partial charge on any atom is -0.383 e. The van der Waals surface area contributed by atoms with Crippen LogP contribution < -0.4 is 5.32 Å². The molecule has 19 heavy (non-hydrogen) atoms. The molecule has 0 aliphatic carbocycles. The maximum Gasteiger partial charge on any atom is 0.0587 e. The van der Waals surface area contributed by atoms with E-state index in [9.17, 15) is 0 Å². The first-order valence-corrected chi connectivity index (χ1v) is 6.68. The Morgan fingerprint density at radius 3 is 2.89 bits per heavy atom. The largest absolute Gasteiger partial charge is 0.383 e. The third-order valence-corrected chi connectivity index (χ3v) is 3.07. The van der Waals surface area contributed by atoms with Crippen molar-refractivity contribution in [2.45, 2.75) is 20.0 Å². The fraction of sp³-hybridized carbons (Fsp3) is 0.375. The standard InChI is InChI=1S/C16H22N2O/c1-14-4-3-5-15(10-14)12-18-8-6-16(13-18)11-17-7-9-19-2/h3-6,8,10,13,17H,7,9,11-12H2,1-2H3. The Labute approximate surface area is 115 Å². The summed E-state index contributed by atoms with van der Waals surface area (Å²) < 4.78 is 7.23. The van der Waals surface area contributed by atoms with Gasteiger partial charge >= 0.3 is 0 Å². The molecule has 0 aliphatic heterocycles. The molecule has 2 aromatic rings. The second kappa shape index (κ2) is 7.12. The van der Waals surface area contributed by atoms with Gasteiger partial charge in [0, 0.05) is 39.1 Å². The van der Waals surface area contributed by atoms with Gasteiger partial charge in [-0.1, -0.05) is 29.8 Å². The van der Waals surface area contributed by atoms with Gasteiger partial charge in [0.15, 0.2) is 0 Å². The van der Waals surface area contributed by atoms with Crippen molar-refractivity contribution < 1.29 is 4.74 Å². The van der Waals surface area contributed by atoms with Gasteiger partial charge in [-0.2, -0.15) is 0 Å². The van der Waals surface area contributed by atoms with Gasteiger partial charge in [-0.05, 0) is 24.1 Å². The van der Waals surface area contributed by atoms with Crippen LogP contribution in [0, 0.1) is 6.92 Å². The van der Waals surface area contributed by atoms with Crippen LogP contribution in [0.5, 0.6) is 0 Å². The Bertz CT molecular complexity index is 505. The van der Waals surface area contributed by atoms with Crippen molar-refractivity contribution in [3.8, 4) is 0 Å². The highest BCUT2D eigenvalue weighted by atomic mass is 16.5. The number of aryl methyl sites for hydroxylation is 1. The van der Waals surface area contributed by atoms with Gasteiger partial charge in [0.2, 0.25) is 0 Å². The lowest BCUT2D eigenvalue weighted by Gasteiger charge is -2.04. The first-order valence-electron chi connectivity index (χ1n) is 6.68. The minimum atomic E-state index is 0.754. The number of benzene rings is 1. The fourth-order valence-corrected chi connectivity index (χ4v) is 2.12. The SMILES string of the molecule is COCCNCc1ccn(Cc2cccc(C)c2)c1. The van der Waals surface area contributed by atoms with Crippen LogP contribution in [0.15, 0.2) is 42.7 Å². The van der Waals surface area contributed by atoms with Crippen LogP contribution >= 0.6 is 0 Å². The van der Waals surface area contributed by atoms with Crippen LogP contribution in [0.25, 0.3) is 0 Å². The highest BCUT2D eigenvalue weighted by Crippen LogP contribution is 2.08. The van der Waals surface area contributed by atoms with Gasteiger partial charge < -0.3 is 14.6 Å². The molecule has 2 rings (SSSR count). The van der Waals surface area contributed by atoms with Gasteiger partial charge in [-0.25, -0.2) is 0 Å². The maximum absolute atomic E-state index is 5.01. The van der Waals surface area contributed by atoms with E-state index in [0.29, 0.717) is 0 Å². The summed E-state index contributed by atoms with van der Waals surface area (Å²) in [5, 5.41) is 3.35. The van der Waals surface area contributed by atoms with Crippen molar-refractivity contribution in [1.82, 2.24) is 9.88 Å². The summed E-state index contributed by atoms with van der Waals surface area (Å²) in [5.41, 5.74) is 3.96. The first-order chi connectivity index (χ1) is 9.28. The summed E-state index contributed by atoms with van der Waals surface area (Å²) in [5.74, 6) is 0. The molecule has 1 N–H and O–H groups in total. The van der Waals surface area contributed by atoms with Crippen molar-refractivity contribution in [3.63, 3.8) is 0 Å². The topological polar surface area (TPSA) is 26.2 Å². The lowest BCUT2D eigenvalue weighted by Crippen LogP contribution is -2.18. The number of nitrogens with zero attached hydrogens (tertiary/aromatic N) is 1. The summed E-state index contributed by atoms with van der Waals surface area (Å²) in [6.07, 6.45) is 4.33. The third kappa shape index (κ3) is 4.54. The van der Waals surface area contributed by atoms with Crippen molar-refractivity contribution in [3.05, 3.63) is 59.4 Å². The van der Waals surface area contributed by atoms with E-state index in [4.69, 9.17) is 4.74 Å². The van der Waals surface area contributed by atoms with Gasteiger partial charge in [-0.15, -0.1) is 0 Å². The van der Waals surface area contributed by atoms with E-state index < -0.39 is 0 Å². The number of nitrogens with one attached hydrogen (secondary N) is 1. The molecule has 0 bridgehead atoms. The van der Waals surface area contributed by atoms with E-state index in [0.717, 1.165) is 26.2 Å². The van der Waals surface area contributed by atoms with E-state index in [-0.39, 0.29) is 0 Å². The summed E-state index contributed by atoms with van der Waals surface area (Å²) in [6.45, 7) is 5.60. The Morgan fingerprint density at radius 1 is 1.21 bits per heavy atom. The second-order valence-corrected chi connectivity index (χ2v) is 4.85. The molecule has 1 aromatic carbocycles. The molecule has 102 valence electrons. The quantitative estimate of drug-likeness (QED) is 0.773. The molecule has 1 heterocycles. The van der Waals surface area contributed by atoms with Crippen molar-refractivity contribution in [1.29, 1.82) is 0 Å². The van der Waals surface area contributed by atoms with Crippen molar-refractivity contribution in [2.75, 3.05) is 20.3 Å². The molecule has 3 heteroatoms. The molecule has 0 fully saturated rings. The highest BCUT2D eigenvalue weighted by molar-refractivity contribution is 5.23. The van der Waals surface area contributed by atoms with E-state index in [2.05, 4.69) is 59.5 Å². The first kappa shape index (κ1) is 13.8. The van der Waals surface area contributed by atoms with Gasteiger partial charge in [-0.3, -0.25) is 0 Å². The number of aromatic nitrogens is 1.